The molecule has 0 bridgehead atoms. The van der Waals surface area contributed by atoms with Crippen molar-refractivity contribution in [3.63, 3.8) is 0 Å². The van der Waals surface area contributed by atoms with Crippen molar-refractivity contribution in [1.82, 2.24) is 5.32 Å². The quantitative estimate of drug-likeness (QED) is 0.578. The molecule has 0 spiro atoms. The van der Waals surface area contributed by atoms with Gasteiger partial charge in [0.2, 0.25) is 0 Å². The molecular weight excluding hydrogens is 206 g/mol. The summed E-state index contributed by atoms with van der Waals surface area (Å²) < 4.78 is 0. The molecule has 0 aliphatic rings. The zero-order valence-electron chi connectivity index (χ0n) is 8.74. The van der Waals surface area contributed by atoms with Crippen molar-refractivity contribution in [2.24, 2.45) is 0 Å². The van der Waals surface area contributed by atoms with Crippen LogP contribution in [0.15, 0.2) is 23.1 Å². The van der Waals surface area contributed by atoms with E-state index in [9.17, 15) is 4.79 Å². The maximum atomic E-state index is 11.7. The van der Waals surface area contributed by atoms with Gasteiger partial charge in [0, 0.05) is 10.5 Å². The molecular formula is C12H13NOS. The Morgan fingerprint density at radius 2 is 2.27 bits per heavy atom. The highest BCUT2D eigenvalue weighted by Crippen LogP contribution is 2.13. The number of aryl methyl sites for hydroxylation is 1. The fraction of sp³-hybridized carbons (Fsp3) is 0.250. The SMILES string of the molecule is C#CC(C)NC(=O)c1cc(S)ccc1C. The van der Waals surface area contributed by atoms with Gasteiger partial charge in [-0.15, -0.1) is 19.1 Å². The summed E-state index contributed by atoms with van der Waals surface area (Å²) in [6, 6.07) is 5.18. The Balaban J connectivity index is 2.92. The van der Waals surface area contributed by atoms with E-state index in [1.165, 1.54) is 0 Å². The third-order valence-corrected chi connectivity index (χ3v) is 2.34. The Morgan fingerprint density at radius 1 is 1.60 bits per heavy atom. The van der Waals surface area contributed by atoms with Gasteiger partial charge in [0.1, 0.15) is 0 Å². The van der Waals surface area contributed by atoms with E-state index in [2.05, 4.69) is 23.9 Å². The molecule has 0 fully saturated rings. The lowest BCUT2D eigenvalue weighted by atomic mass is 10.1. The largest absolute Gasteiger partial charge is 0.339 e. The highest BCUT2D eigenvalue weighted by Gasteiger charge is 2.10. The molecule has 1 amide bonds. The van der Waals surface area contributed by atoms with Gasteiger partial charge in [-0.05, 0) is 31.5 Å². The molecule has 1 N–H and O–H groups in total. The molecule has 0 radical (unpaired) electrons. The van der Waals surface area contributed by atoms with Crippen LogP contribution in [0.1, 0.15) is 22.8 Å². The number of hydrogen-bond acceptors (Lipinski definition) is 2. The minimum atomic E-state index is -0.263. The molecule has 1 unspecified atom stereocenters. The van der Waals surface area contributed by atoms with E-state index in [-0.39, 0.29) is 11.9 Å². The van der Waals surface area contributed by atoms with Gasteiger partial charge in [0.05, 0.1) is 6.04 Å². The van der Waals surface area contributed by atoms with Crippen molar-refractivity contribution >= 4 is 18.5 Å². The molecule has 0 saturated heterocycles. The van der Waals surface area contributed by atoms with Crippen LogP contribution in [0.4, 0.5) is 0 Å². The molecule has 0 heterocycles. The maximum Gasteiger partial charge on any atom is 0.252 e. The second-order valence-corrected chi connectivity index (χ2v) is 3.88. The van der Waals surface area contributed by atoms with Crippen molar-refractivity contribution in [1.29, 1.82) is 0 Å². The molecule has 2 nitrogen and oxygen atoms in total. The number of rotatable bonds is 2. The van der Waals surface area contributed by atoms with Gasteiger partial charge in [-0.25, -0.2) is 0 Å². The molecule has 0 saturated carbocycles. The van der Waals surface area contributed by atoms with Gasteiger partial charge in [-0.2, -0.15) is 0 Å². The Morgan fingerprint density at radius 3 is 2.87 bits per heavy atom. The fourth-order valence-electron chi connectivity index (χ4n) is 1.17. The highest BCUT2D eigenvalue weighted by atomic mass is 32.1. The Kier molecular flexibility index (Phi) is 3.81. The molecule has 0 aliphatic carbocycles. The summed E-state index contributed by atoms with van der Waals surface area (Å²) >= 11 is 4.19. The summed E-state index contributed by atoms with van der Waals surface area (Å²) in [5.74, 6) is 2.29. The van der Waals surface area contributed by atoms with Gasteiger partial charge in [-0.1, -0.05) is 12.0 Å². The molecule has 1 aromatic rings. The van der Waals surface area contributed by atoms with Crippen LogP contribution in [0.5, 0.6) is 0 Å². The number of carbonyl (C=O) groups is 1. The number of amides is 1. The van der Waals surface area contributed by atoms with Gasteiger partial charge < -0.3 is 5.32 Å². The minimum Gasteiger partial charge on any atom is -0.339 e. The zero-order valence-corrected chi connectivity index (χ0v) is 9.64. The van der Waals surface area contributed by atoms with Gasteiger partial charge in [-0.3, -0.25) is 4.79 Å². The number of nitrogens with one attached hydrogen (secondary N) is 1. The number of carbonyl (C=O) groups excluding carboxylic acids is 1. The first-order valence-electron chi connectivity index (χ1n) is 4.61. The Labute approximate surface area is 95.5 Å². The van der Waals surface area contributed by atoms with Gasteiger partial charge in [0.15, 0.2) is 0 Å². The number of terminal acetylenes is 1. The summed E-state index contributed by atoms with van der Waals surface area (Å²) in [7, 11) is 0. The van der Waals surface area contributed by atoms with Crippen LogP contribution in [-0.4, -0.2) is 11.9 Å². The predicted molar refractivity (Wildman–Crippen MR) is 64.2 cm³/mol. The lowest BCUT2D eigenvalue weighted by Gasteiger charge is -2.10. The van der Waals surface area contributed by atoms with Crippen LogP contribution in [0.25, 0.3) is 0 Å². The van der Waals surface area contributed by atoms with E-state index in [1.54, 1.807) is 13.0 Å². The summed E-state index contributed by atoms with van der Waals surface area (Å²) in [6.45, 7) is 3.64. The number of thiol groups is 1. The monoisotopic (exact) mass is 219 g/mol. The van der Waals surface area contributed by atoms with Crippen molar-refractivity contribution in [2.45, 2.75) is 24.8 Å². The zero-order chi connectivity index (χ0) is 11.4. The molecule has 1 rings (SSSR count). The molecule has 1 atom stereocenters. The van der Waals surface area contributed by atoms with E-state index in [1.807, 2.05) is 19.1 Å². The van der Waals surface area contributed by atoms with E-state index in [0.29, 0.717) is 5.56 Å². The summed E-state index contributed by atoms with van der Waals surface area (Å²) in [6.07, 6.45) is 5.19. The van der Waals surface area contributed by atoms with Crippen LogP contribution in [0, 0.1) is 19.3 Å². The van der Waals surface area contributed by atoms with Crippen LogP contribution >= 0.6 is 12.6 Å². The van der Waals surface area contributed by atoms with E-state index < -0.39 is 0 Å². The lowest BCUT2D eigenvalue weighted by Crippen LogP contribution is -2.31. The normalized spacial score (nSPS) is 11.6. The smallest absolute Gasteiger partial charge is 0.252 e. The summed E-state index contributed by atoms with van der Waals surface area (Å²) in [5, 5.41) is 2.70. The Hall–Kier alpha value is -1.40. The standard InChI is InChI=1S/C12H13NOS/c1-4-9(3)13-12(14)11-7-10(15)6-5-8(11)2/h1,5-7,9,15H,2-3H3,(H,13,14). The fourth-order valence-corrected chi connectivity index (χ4v) is 1.37. The number of benzene rings is 1. The molecule has 0 aromatic heterocycles. The average molecular weight is 219 g/mol. The average Bonchev–Trinajstić information content (AvgIpc) is 2.21. The van der Waals surface area contributed by atoms with Crippen LogP contribution in [-0.2, 0) is 0 Å². The molecule has 3 heteroatoms. The third-order valence-electron chi connectivity index (χ3n) is 2.06. The van der Waals surface area contributed by atoms with Gasteiger partial charge >= 0.3 is 0 Å². The lowest BCUT2D eigenvalue weighted by molar-refractivity contribution is 0.0947. The predicted octanol–water partition coefficient (Wildman–Crippen LogP) is 2.04. The van der Waals surface area contributed by atoms with Crippen molar-refractivity contribution < 1.29 is 4.79 Å². The van der Waals surface area contributed by atoms with E-state index in [0.717, 1.165) is 10.5 Å². The topological polar surface area (TPSA) is 29.1 Å². The van der Waals surface area contributed by atoms with E-state index in [4.69, 9.17) is 6.42 Å². The minimum absolute atomic E-state index is 0.158. The molecule has 1 aromatic carbocycles. The third kappa shape index (κ3) is 3.03. The highest BCUT2D eigenvalue weighted by molar-refractivity contribution is 7.80. The molecule has 15 heavy (non-hydrogen) atoms. The van der Waals surface area contributed by atoms with Crippen LogP contribution in [0.2, 0.25) is 0 Å². The summed E-state index contributed by atoms with van der Waals surface area (Å²) in [5.41, 5.74) is 1.53. The summed E-state index contributed by atoms with van der Waals surface area (Å²) in [4.78, 5) is 12.5. The molecule has 78 valence electrons. The van der Waals surface area contributed by atoms with Gasteiger partial charge in [0.25, 0.3) is 5.91 Å². The van der Waals surface area contributed by atoms with Crippen molar-refractivity contribution in [2.75, 3.05) is 0 Å². The second kappa shape index (κ2) is 4.90. The number of hydrogen-bond donors (Lipinski definition) is 2. The van der Waals surface area contributed by atoms with Crippen molar-refractivity contribution in [3.05, 3.63) is 29.3 Å². The van der Waals surface area contributed by atoms with Crippen LogP contribution < -0.4 is 5.32 Å². The van der Waals surface area contributed by atoms with Crippen molar-refractivity contribution in [3.8, 4) is 12.3 Å². The van der Waals surface area contributed by atoms with Crippen LogP contribution in [0.3, 0.4) is 0 Å². The first kappa shape index (κ1) is 11.7. The van der Waals surface area contributed by atoms with E-state index >= 15 is 0 Å². The molecule has 0 aliphatic heterocycles. The maximum absolute atomic E-state index is 11.7. The first-order valence-corrected chi connectivity index (χ1v) is 5.06. The second-order valence-electron chi connectivity index (χ2n) is 3.36. The Bertz CT molecular complexity index is 420. The first-order chi connectivity index (χ1) is 7.04.